The lowest BCUT2D eigenvalue weighted by atomic mass is 9.87. The predicted octanol–water partition coefficient (Wildman–Crippen LogP) is 14.4. The van der Waals surface area contributed by atoms with Crippen molar-refractivity contribution in [3.05, 3.63) is 298 Å². The van der Waals surface area contributed by atoms with Crippen molar-refractivity contribution in [2.75, 3.05) is 13.7 Å². The lowest BCUT2D eigenvalue weighted by Crippen LogP contribution is -2.58. The zero-order chi connectivity index (χ0) is 56.1. The van der Waals surface area contributed by atoms with Crippen LogP contribution in [0.4, 0.5) is 0 Å². The molecule has 416 valence electrons. The fourth-order valence-electron chi connectivity index (χ4n) is 9.78. The molecule has 1 aliphatic heterocycles. The Bertz CT molecular complexity index is 3400. The van der Waals surface area contributed by atoms with Gasteiger partial charge in [-0.2, -0.15) is 0 Å². The fourth-order valence-corrected chi connectivity index (χ4v) is 9.78. The van der Waals surface area contributed by atoms with Crippen LogP contribution in [0.3, 0.4) is 0 Å². The van der Waals surface area contributed by atoms with E-state index < -0.39 is 42.1 Å². The standard InChI is InChI=1S/C71H66O11/c1-74-62-42-63(78-46-55-29-15-5-16-30-55)65(59(72)39-37-51-38-40-60(76-44-53-25-11-3-12-26-53)61(41-51)77-45-54-27-13-4-14-28-54)67(73)66(62)69-71(81-49-58-35-21-8-22-36-58)70(80-48-57-33-19-7-20-34-57)68(79-47-56-31-17-6-18-32-56)64(82-69)50-75-43-52-23-9-2-10-24-52/h2-42,64,68-71,73H,43-50H2,1H3/b39-37+/t64-,68-,69+,70+,71+/m1/s1. The molecule has 0 aromatic heterocycles. The van der Waals surface area contributed by atoms with Crippen molar-refractivity contribution >= 4 is 11.9 Å². The Labute approximate surface area is 479 Å². The van der Waals surface area contributed by atoms with Crippen molar-refractivity contribution < 1.29 is 52.5 Å². The minimum atomic E-state index is -1.15. The molecule has 10 rings (SSSR count). The summed E-state index contributed by atoms with van der Waals surface area (Å²) in [6, 6.07) is 76.0. The summed E-state index contributed by atoms with van der Waals surface area (Å²) in [7, 11) is 1.50. The van der Waals surface area contributed by atoms with Crippen molar-refractivity contribution in [2.45, 2.75) is 76.8 Å². The van der Waals surface area contributed by atoms with E-state index in [1.807, 2.05) is 231 Å². The monoisotopic (exact) mass is 1090 g/mol. The van der Waals surface area contributed by atoms with Gasteiger partial charge in [0.2, 0.25) is 0 Å². The molecule has 1 aliphatic rings. The van der Waals surface area contributed by atoms with E-state index >= 15 is 4.79 Å². The third kappa shape index (κ3) is 15.3. The minimum Gasteiger partial charge on any atom is -0.506 e. The number of ketones is 1. The zero-order valence-corrected chi connectivity index (χ0v) is 45.7. The van der Waals surface area contributed by atoms with E-state index in [2.05, 4.69) is 0 Å². The molecule has 1 fully saturated rings. The number of carbonyl (C=O) groups excluding carboxylic acids is 1. The van der Waals surface area contributed by atoms with E-state index in [-0.39, 0.29) is 68.9 Å². The highest BCUT2D eigenvalue weighted by atomic mass is 16.6. The van der Waals surface area contributed by atoms with Crippen LogP contribution in [-0.4, -0.2) is 49.0 Å². The molecule has 9 aromatic carbocycles. The van der Waals surface area contributed by atoms with Gasteiger partial charge in [0.15, 0.2) is 17.3 Å². The Hall–Kier alpha value is -8.81. The zero-order valence-electron chi connectivity index (χ0n) is 45.7. The van der Waals surface area contributed by atoms with E-state index in [4.69, 9.17) is 42.6 Å². The highest BCUT2D eigenvalue weighted by Gasteiger charge is 2.51. The Balaban J connectivity index is 1.06. The summed E-state index contributed by atoms with van der Waals surface area (Å²) in [6.45, 7) is 1.60. The van der Waals surface area contributed by atoms with Gasteiger partial charge in [-0.15, -0.1) is 0 Å². The molecule has 1 heterocycles. The Morgan fingerprint density at radius 3 is 1.30 bits per heavy atom. The summed E-state index contributed by atoms with van der Waals surface area (Å²) in [5.41, 5.74) is 7.25. The first-order valence-electron chi connectivity index (χ1n) is 27.5. The maximum Gasteiger partial charge on any atom is 0.193 e. The number of hydrogen-bond acceptors (Lipinski definition) is 11. The smallest absolute Gasteiger partial charge is 0.193 e. The van der Waals surface area contributed by atoms with E-state index in [9.17, 15) is 5.11 Å². The highest BCUT2D eigenvalue weighted by molar-refractivity contribution is 6.11. The van der Waals surface area contributed by atoms with Crippen LogP contribution in [0.2, 0.25) is 0 Å². The molecule has 1 saturated heterocycles. The topological polar surface area (TPSA) is 120 Å². The number of ether oxygens (including phenoxy) is 9. The van der Waals surface area contributed by atoms with Gasteiger partial charge in [-0.3, -0.25) is 4.79 Å². The van der Waals surface area contributed by atoms with Crippen molar-refractivity contribution in [1.82, 2.24) is 0 Å². The second-order valence-corrected chi connectivity index (χ2v) is 19.8. The largest absolute Gasteiger partial charge is 0.506 e. The third-order valence-corrected chi connectivity index (χ3v) is 14.0. The number of carbonyl (C=O) groups is 1. The van der Waals surface area contributed by atoms with E-state index in [0.717, 1.165) is 38.9 Å². The van der Waals surface area contributed by atoms with Crippen molar-refractivity contribution in [3.8, 4) is 28.7 Å². The fraction of sp³-hybridized carbons (Fsp3) is 0.197. The molecule has 0 aliphatic carbocycles. The molecule has 0 unspecified atom stereocenters. The van der Waals surface area contributed by atoms with Crippen LogP contribution in [-0.2, 0) is 69.9 Å². The number of aromatic hydroxyl groups is 1. The molecular weight excluding hydrogens is 1030 g/mol. The molecule has 1 N–H and O–H groups in total. The summed E-state index contributed by atoms with van der Waals surface area (Å²) in [6.07, 6.45) is -1.50. The second-order valence-electron chi connectivity index (χ2n) is 19.8. The number of benzene rings is 9. The van der Waals surface area contributed by atoms with Crippen molar-refractivity contribution in [2.24, 2.45) is 0 Å². The van der Waals surface area contributed by atoms with Crippen LogP contribution < -0.4 is 18.9 Å². The van der Waals surface area contributed by atoms with Gasteiger partial charge in [-0.1, -0.05) is 224 Å². The van der Waals surface area contributed by atoms with Gasteiger partial charge in [-0.25, -0.2) is 0 Å². The minimum absolute atomic E-state index is 0.0600. The van der Waals surface area contributed by atoms with Crippen LogP contribution in [0, 0.1) is 0 Å². The molecular formula is C71H66O11. The van der Waals surface area contributed by atoms with Gasteiger partial charge in [0.1, 0.15) is 73.2 Å². The van der Waals surface area contributed by atoms with Crippen LogP contribution in [0.25, 0.3) is 6.08 Å². The summed E-state index contributed by atoms with van der Waals surface area (Å²) >= 11 is 0. The number of rotatable bonds is 27. The molecule has 0 radical (unpaired) electrons. The SMILES string of the molecule is COc1cc(OCc2ccccc2)c(C(=O)/C=C/c2ccc(OCc3ccccc3)c(OCc3ccccc3)c2)c(O)c1[C@@H]1O[C@H](COCc2ccccc2)[C@@H](OCc2ccccc2)[C@H](OCc2ccccc2)[C@H]1OCc1ccccc1. The van der Waals surface area contributed by atoms with Crippen LogP contribution in [0.15, 0.2) is 243 Å². The number of methoxy groups -OCH3 is 1. The van der Waals surface area contributed by atoms with Crippen LogP contribution in [0.5, 0.6) is 28.7 Å². The second kappa shape index (κ2) is 29.1. The van der Waals surface area contributed by atoms with Gasteiger partial charge >= 0.3 is 0 Å². The molecule has 0 bridgehead atoms. The number of hydrogen-bond donors (Lipinski definition) is 1. The van der Waals surface area contributed by atoms with E-state index in [0.29, 0.717) is 23.7 Å². The van der Waals surface area contributed by atoms with Crippen molar-refractivity contribution in [3.63, 3.8) is 0 Å². The summed E-state index contributed by atoms with van der Waals surface area (Å²) in [4.78, 5) is 15.2. The summed E-state index contributed by atoms with van der Waals surface area (Å²) < 4.78 is 60.3. The van der Waals surface area contributed by atoms with Crippen LogP contribution >= 0.6 is 0 Å². The maximum absolute atomic E-state index is 15.2. The van der Waals surface area contributed by atoms with Gasteiger partial charge in [0, 0.05) is 6.07 Å². The lowest BCUT2D eigenvalue weighted by molar-refractivity contribution is -0.275. The van der Waals surface area contributed by atoms with Gasteiger partial charge in [-0.05, 0) is 62.7 Å². The summed E-state index contributed by atoms with van der Waals surface area (Å²) in [5.74, 6) is 0.346. The quantitative estimate of drug-likeness (QED) is 0.0391. The Morgan fingerprint density at radius 2 is 0.841 bits per heavy atom. The van der Waals surface area contributed by atoms with Gasteiger partial charge in [0.25, 0.3) is 0 Å². The molecule has 11 nitrogen and oxygen atoms in total. The number of allylic oxidation sites excluding steroid dienone is 1. The molecule has 0 saturated carbocycles. The van der Waals surface area contributed by atoms with E-state index in [1.165, 1.54) is 13.2 Å². The first-order chi connectivity index (χ1) is 40.5. The molecule has 5 atom stereocenters. The first kappa shape index (κ1) is 56.5. The highest BCUT2D eigenvalue weighted by Crippen LogP contribution is 2.49. The Kier molecular flexibility index (Phi) is 20.0. The molecule has 0 spiro atoms. The maximum atomic E-state index is 15.2. The average molecular weight is 1100 g/mol. The molecule has 0 amide bonds. The Morgan fingerprint density at radius 1 is 0.439 bits per heavy atom. The average Bonchev–Trinajstić information content (AvgIpc) is 3.56. The number of phenolic OH excluding ortho intramolecular Hbond substituents is 1. The normalized spacial score (nSPS) is 16.8. The molecule has 11 heteroatoms. The molecule has 82 heavy (non-hydrogen) atoms. The van der Waals surface area contributed by atoms with Crippen molar-refractivity contribution in [1.29, 1.82) is 0 Å². The predicted molar refractivity (Wildman–Crippen MR) is 316 cm³/mol. The lowest BCUT2D eigenvalue weighted by Gasteiger charge is -2.46. The van der Waals surface area contributed by atoms with Gasteiger partial charge in [0.05, 0.1) is 45.7 Å². The molecule has 9 aromatic rings. The third-order valence-electron chi connectivity index (χ3n) is 14.0. The van der Waals surface area contributed by atoms with E-state index in [1.54, 1.807) is 12.1 Å². The summed E-state index contributed by atoms with van der Waals surface area (Å²) in [5, 5.41) is 13.1. The van der Waals surface area contributed by atoms with Crippen LogP contribution in [0.1, 0.15) is 66.5 Å². The van der Waals surface area contributed by atoms with Gasteiger partial charge < -0.3 is 47.7 Å². The first-order valence-corrected chi connectivity index (χ1v) is 27.5. The number of phenols is 1.